The topological polar surface area (TPSA) is 23.5 Å². The molecule has 0 aromatic heterocycles. The maximum absolute atomic E-state index is 9.19. The van der Waals surface area contributed by atoms with Gasteiger partial charge in [-0.05, 0) is 32.0 Å². The minimum atomic E-state index is 0.0208. The molecule has 1 rings (SSSR count). The van der Waals surface area contributed by atoms with Crippen molar-refractivity contribution < 1.29 is 5.11 Å². The molecule has 0 aliphatic heterocycles. The molecule has 1 aromatic carbocycles. The van der Waals surface area contributed by atoms with Gasteiger partial charge in [0, 0.05) is 29.4 Å². The number of hydrogen-bond acceptors (Lipinski definition) is 2. The molecule has 0 fully saturated rings. The summed E-state index contributed by atoms with van der Waals surface area (Å²) in [6, 6.07) is 5.99. The third-order valence-electron chi connectivity index (χ3n) is 2.37. The third-order valence-corrected chi connectivity index (χ3v) is 2.60. The van der Waals surface area contributed by atoms with E-state index in [0.29, 0.717) is 11.1 Å². The van der Waals surface area contributed by atoms with Gasteiger partial charge in [0.1, 0.15) is 0 Å². The molecule has 0 heterocycles. The summed E-state index contributed by atoms with van der Waals surface area (Å²) in [5.41, 5.74) is 1.90. The smallest absolute Gasteiger partial charge is 0.0702 e. The lowest BCUT2D eigenvalue weighted by Crippen LogP contribution is -2.26. The van der Waals surface area contributed by atoms with Crippen LogP contribution in [-0.4, -0.2) is 18.2 Å². The van der Waals surface area contributed by atoms with Crippen molar-refractivity contribution in [2.45, 2.75) is 26.5 Å². The standard InChI is InChI=1S/C11H16ClNO/c1-8(2)13(3)11-5-4-10(12)6-9(11)7-14/h4-6,8,14H,7H2,1-3H3. The SMILES string of the molecule is CC(C)N(C)c1ccc(Cl)cc1CO. The predicted octanol–water partition coefficient (Wildman–Crippen LogP) is 2.68. The van der Waals surface area contributed by atoms with Crippen molar-refractivity contribution in [1.29, 1.82) is 0 Å². The van der Waals surface area contributed by atoms with Crippen LogP contribution in [0.15, 0.2) is 18.2 Å². The van der Waals surface area contributed by atoms with E-state index < -0.39 is 0 Å². The fraction of sp³-hybridized carbons (Fsp3) is 0.455. The van der Waals surface area contributed by atoms with Crippen molar-refractivity contribution in [3.8, 4) is 0 Å². The van der Waals surface area contributed by atoms with Crippen LogP contribution in [0.4, 0.5) is 5.69 Å². The van der Waals surface area contributed by atoms with Gasteiger partial charge in [0.05, 0.1) is 6.61 Å². The molecule has 0 unspecified atom stereocenters. The summed E-state index contributed by atoms with van der Waals surface area (Å²) in [6.07, 6.45) is 0. The number of aliphatic hydroxyl groups excluding tert-OH is 1. The van der Waals surface area contributed by atoms with Crippen LogP contribution in [0.2, 0.25) is 5.02 Å². The van der Waals surface area contributed by atoms with E-state index in [9.17, 15) is 5.11 Å². The van der Waals surface area contributed by atoms with Crippen LogP contribution < -0.4 is 4.90 Å². The highest BCUT2D eigenvalue weighted by molar-refractivity contribution is 6.30. The van der Waals surface area contributed by atoms with Gasteiger partial charge in [-0.1, -0.05) is 11.6 Å². The van der Waals surface area contributed by atoms with Gasteiger partial charge in [0.2, 0.25) is 0 Å². The van der Waals surface area contributed by atoms with Crippen LogP contribution in [0, 0.1) is 0 Å². The number of hydrogen-bond donors (Lipinski definition) is 1. The third kappa shape index (κ3) is 2.40. The molecule has 0 aliphatic rings. The highest BCUT2D eigenvalue weighted by atomic mass is 35.5. The molecule has 0 saturated carbocycles. The maximum Gasteiger partial charge on any atom is 0.0702 e. The van der Waals surface area contributed by atoms with Crippen LogP contribution in [0.5, 0.6) is 0 Å². The van der Waals surface area contributed by atoms with Gasteiger partial charge < -0.3 is 10.0 Å². The van der Waals surface area contributed by atoms with Crippen LogP contribution in [0.25, 0.3) is 0 Å². The molecule has 0 atom stereocenters. The Morgan fingerprint density at radius 1 is 1.43 bits per heavy atom. The Labute approximate surface area is 90.1 Å². The van der Waals surface area contributed by atoms with Crippen molar-refractivity contribution >= 4 is 17.3 Å². The zero-order chi connectivity index (χ0) is 10.7. The minimum absolute atomic E-state index is 0.0208. The molecule has 78 valence electrons. The molecule has 0 spiro atoms. The van der Waals surface area contributed by atoms with Crippen LogP contribution in [0.3, 0.4) is 0 Å². The molecule has 0 aliphatic carbocycles. The first-order valence-electron chi connectivity index (χ1n) is 4.68. The first-order chi connectivity index (χ1) is 6.56. The normalized spacial score (nSPS) is 10.7. The largest absolute Gasteiger partial charge is 0.392 e. The highest BCUT2D eigenvalue weighted by Gasteiger charge is 2.09. The fourth-order valence-electron chi connectivity index (χ4n) is 1.30. The van der Waals surface area contributed by atoms with Gasteiger partial charge in [0.25, 0.3) is 0 Å². The van der Waals surface area contributed by atoms with E-state index in [1.165, 1.54) is 0 Å². The first-order valence-corrected chi connectivity index (χ1v) is 5.06. The van der Waals surface area contributed by atoms with Gasteiger partial charge in [-0.2, -0.15) is 0 Å². The second-order valence-electron chi connectivity index (χ2n) is 3.64. The Bertz CT molecular complexity index is 312. The van der Waals surface area contributed by atoms with Crippen molar-refractivity contribution in [2.24, 2.45) is 0 Å². The van der Waals surface area contributed by atoms with Crippen LogP contribution in [0.1, 0.15) is 19.4 Å². The molecule has 3 heteroatoms. The highest BCUT2D eigenvalue weighted by Crippen LogP contribution is 2.24. The number of halogens is 1. The molecule has 1 N–H and O–H groups in total. The van der Waals surface area contributed by atoms with Gasteiger partial charge >= 0.3 is 0 Å². The molecule has 1 aromatic rings. The Kier molecular flexibility index (Phi) is 3.78. The lowest BCUT2D eigenvalue weighted by atomic mass is 10.1. The molecule has 0 amide bonds. The van der Waals surface area contributed by atoms with E-state index in [4.69, 9.17) is 11.6 Å². The molecule has 2 nitrogen and oxygen atoms in total. The molecular weight excluding hydrogens is 198 g/mol. The van der Waals surface area contributed by atoms with E-state index in [2.05, 4.69) is 18.7 Å². The van der Waals surface area contributed by atoms with Crippen molar-refractivity contribution in [3.63, 3.8) is 0 Å². The quantitative estimate of drug-likeness (QED) is 0.835. The zero-order valence-corrected chi connectivity index (χ0v) is 9.54. The Morgan fingerprint density at radius 2 is 2.07 bits per heavy atom. The Morgan fingerprint density at radius 3 is 2.57 bits per heavy atom. The van der Waals surface area contributed by atoms with E-state index >= 15 is 0 Å². The number of anilines is 1. The minimum Gasteiger partial charge on any atom is -0.392 e. The van der Waals surface area contributed by atoms with Gasteiger partial charge in [-0.15, -0.1) is 0 Å². The average Bonchev–Trinajstić information content (AvgIpc) is 2.16. The monoisotopic (exact) mass is 213 g/mol. The summed E-state index contributed by atoms with van der Waals surface area (Å²) in [5.74, 6) is 0. The van der Waals surface area contributed by atoms with E-state index in [0.717, 1.165) is 11.3 Å². The van der Waals surface area contributed by atoms with Crippen molar-refractivity contribution in [1.82, 2.24) is 0 Å². The summed E-state index contributed by atoms with van der Waals surface area (Å²) in [4.78, 5) is 2.11. The summed E-state index contributed by atoms with van der Waals surface area (Å²) >= 11 is 5.85. The second-order valence-corrected chi connectivity index (χ2v) is 4.07. The first kappa shape index (κ1) is 11.3. The second kappa shape index (κ2) is 4.67. The van der Waals surface area contributed by atoms with Gasteiger partial charge in [-0.3, -0.25) is 0 Å². The average molecular weight is 214 g/mol. The van der Waals surface area contributed by atoms with E-state index in [1.807, 2.05) is 19.2 Å². The summed E-state index contributed by atoms with van der Waals surface area (Å²) in [5, 5.41) is 9.85. The van der Waals surface area contributed by atoms with E-state index in [1.54, 1.807) is 6.07 Å². The van der Waals surface area contributed by atoms with Crippen molar-refractivity contribution in [2.75, 3.05) is 11.9 Å². The summed E-state index contributed by atoms with van der Waals surface area (Å²) < 4.78 is 0. The number of rotatable bonds is 3. The lowest BCUT2D eigenvalue weighted by Gasteiger charge is -2.26. The zero-order valence-electron chi connectivity index (χ0n) is 8.79. The van der Waals surface area contributed by atoms with E-state index in [-0.39, 0.29) is 6.61 Å². The summed E-state index contributed by atoms with van der Waals surface area (Å²) in [6.45, 7) is 4.23. The van der Waals surface area contributed by atoms with Crippen LogP contribution in [-0.2, 0) is 6.61 Å². The number of nitrogens with zero attached hydrogens (tertiary/aromatic N) is 1. The van der Waals surface area contributed by atoms with Crippen LogP contribution >= 0.6 is 11.6 Å². The molecule has 0 bridgehead atoms. The fourth-order valence-corrected chi connectivity index (χ4v) is 1.50. The molecule has 14 heavy (non-hydrogen) atoms. The Balaban J connectivity index is 3.07. The summed E-state index contributed by atoms with van der Waals surface area (Å²) in [7, 11) is 2.01. The lowest BCUT2D eigenvalue weighted by molar-refractivity contribution is 0.282. The maximum atomic E-state index is 9.19. The van der Waals surface area contributed by atoms with Gasteiger partial charge in [-0.25, -0.2) is 0 Å². The molecular formula is C11H16ClNO. The number of benzene rings is 1. The molecule has 0 radical (unpaired) electrons. The Hall–Kier alpha value is -0.730. The van der Waals surface area contributed by atoms with Gasteiger partial charge in [0.15, 0.2) is 0 Å². The number of aliphatic hydroxyl groups is 1. The predicted molar refractivity (Wildman–Crippen MR) is 60.9 cm³/mol. The van der Waals surface area contributed by atoms with Crippen molar-refractivity contribution in [3.05, 3.63) is 28.8 Å². The molecule has 0 saturated heterocycles.